The first kappa shape index (κ1) is 29.0. The summed E-state index contributed by atoms with van der Waals surface area (Å²) in [6.45, 7) is -0.750. The van der Waals surface area contributed by atoms with Crippen LogP contribution >= 0.6 is 23.2 Å². The van der Waals surface area contributed by atoms with Crippen LogP contribution in [0.3, 0.4) is 0 Å². The second-order valence-corrected chi connectivity index (χ2v) is 14.0. The van der Waals surface area contributed by atoms with Gasteiger partial charge in [-0.25, -0.2) is 31.1 Å². The van der Waals surface area contributed by atoms with Crippen molar-refractivity contribution in [3.05, 3.63) is 70.3 Å². The van der Waals surface area contributed by atoms with E-state index >= 15 is 0 Å². The number of carbonyl (C=O) groups excluding carboxylic acids is 2. The van der Waals surface area contributed by atoms with Gasteiger partial charge in [-0.15, -0.1) is 0 Å². The predicted molar refractivity (Wildman–Crippen MR) is 153 cm³/mol. The number of rotatable bonds is 8. The number of sulfonamides is 1. The van der Waals surface area contributed by atoms with E-state index in [4.69, 9.17) is 28.9 Å². The number of benzene rings is 2. The van der Waals surface area contributed by atoms with Crippen LogP contribution in [0.4, 0.5) is 0 Å². The number of hydrogen-bond donors (Lipinski definition) is 3. The summed E-state index contributed by atoms with van der Waals surface area (Å²) in [6, 6.07) is 12.8. The highest BCUT2D eigenvalue weighted by atomic mass is 35.5. The Bertz CT molecular complexity index is 1910. The Kier molecular flexibility index (Phi) is 7.78. The quantitative estimate of drug-likeness (QED) is 0.262. The van der Waals surface area contributed by atoms with Crippen LogP contribution < -0.4 is 15.8 Å². The fourth-order valence-electron chi connectivity index (χ4n) is 4.52. The van der Waals surface area contributed by atoms with Gasteiger partial charge in [0.05, 0.1) is 23.7 Å². The zero-order valence-electron chi connectivity index (χ0n) is 21.0. The van der Waals surface area contributed by atoms with Gasteiger partial charge in [-0.05, 0) is 24.6 Å². The highest BCUT2D eigenvalue weighted by Crippen LogP contribution is 2.37. The van der Waals surface area contributed by atoms with Gasteiger partial charge in [0.1, 0.15) is 5.56 Å². The first-order valence-electron chi connectivity index (χ1n) is 12.1. The molecule has 0 aliphatic carbocycles. The van der Waals surface area contributed by atoms with Gasteiger partial charge in [0.15, 0.2) is 15.5 Å². The number of carbonyl (C=O) groups is 2. The van der Waals surface area contributed by atoms with Crippen molar-refractivity contribution in [3.8, 4) is 22.4 Å². The number of aromatic nitrogens is 3. The Hall–Kier alpha value is -3.56. The van der Waals surface area contributed by atoms with E-state index in [2.05, 4.69) is 15.4 Å². The van der Waals surface area contributed by atoms with E-state index in [1.165, 1.54) is 10.7 Å². The van der Waals surface area contributed by atoms with Gasteiger partial charge < -0.3 is 11.1 Å². The lowest BCUT2D eigenvalue weighted by Gasteiger charge is -2.14. The van der Waals surface area contributed by atoms with Crippen molar-refractivity contribution < 1.29 is 26.4 Å². The zero-order chi connectivity index (χ0) is 29.5. The third-order valence-corrected chi connectivity index (χ3v) is 10.0. The molecular formula is C25H22Cl2N6O6S2. The third-order valence-electron chi connectivity index (χ3n) is 6.38. The van der Waals surface area contributed by atoms with Crippen molar-refractivity contribution in [2.75, 3.05) is 18.1 Å². The Morgan fingerprint density at radius 1 is 1.07 bits per heavy atom. The van der Waals surface area contributed by atoms with Crippen LogP contribution in [-0.2, 0) is 24.7 Å². The van der Waals surface area contributed by atoms with E-state index in [1.807, 2.05) is 4.72 Å². The molecule has 0 unspecified atom stereocenters. The van der Waals surface area contributed by atoms with Crippen LogP contribution in [0.2, 0.25) is 10.0 Å². The van der Waals surface area contributed by atoms with Gasteiger partial charge in [-0.1, -0.05) is 53.5 Å². The summed E-state index contributed by atoms with van der Waals surface area (Å²) in [7, 11) is -7.94. The SMILES string of the molecule is NC(=O)CNS(=O)(=O)c1nn2c(-c3ccc(Cl)cc3)c(-c3ccccc3Cl)cnc2c1C(=O)N[C@@H]1CCS(=O)(=O)C1. The van der Waals surface area contributed by atoms with Crippen molar-refractivity contribution in [2.45, 2.75) is 17.5 Å². The van der Waals surface area contributed by atoms with Crippen LogP contribution in [0.5, 0.6) is 0 Å². The molecule has 2 aromatic carbocycles. The number of primary amides is 1. The molecule has 4 aromatic rings. The molecule has 1 aliphatic rings. The van der Waals surface area contributed by atoms with Crippen molar-refractivity contribution >= 4 is 60.5 Å². The van der Waals surface area contributed by atoms with Gasteiger partial charge in [0.25, 0.3) is 15.9 Å². The molecule has 214 valence electrons. The molecule has 1 atom stereocenters. The maximum Gasteiger partial charge on any atom is 0.261 e. The summed E-state index contributed by atoms with van der Waals surface area (Å²) >= 11 is 12.6. The van der Waals surface area contributed by atoms with Crippen molar-refractivity contribution in [1.82, 2.24) is 24.6 Å². The lowest BCUT2D eigenvalue weighted by molar-refractivity contribution is -0.116. The van der Waals surface area contributed by atoms with E-state index < -0.39 is 54.9 Å². The average Bonchev–Trinajstić information content (AvgIpc) is 3.48. The smallest absolute Gasteiger partial charge is 0.261 e. The molecule has 1 aliphatic heterocycles. The van der Waals surface area contributed by atoms with Crippen molar-refractivity contribution in [3.63, 3.8) is 0 Å². The highest BCUT2D eigenvalue weighted by Gasteiger charge is 2.35. The molecule has 2 aromatic heterocycles. The summed E-state index contributed by atoms with van der Waals surface area (Å²) in [6.07, 6.45) is 1.60. The van der Waals surface area contributed by atoms with E-state index in [9.17, 15) is 26.4 Å². The first-order chi connectivity index (χ1) is 19.4. The number of halogens is 2. The number of nitrogens with one attached hydrogen (secondary N) is 2. The molecule has 0 spiro atoms. The van der Waals surface area contributed by atoms with Crippen LogP contribution in [0.15, 0.2) is 59.8 Å². The molecule has 41 heavy (non-hydrogen) atoms. The topological polar surface area (TPSA) is 183 Å². The first-order valence-corrected chi connectivity index (χ1v) is 16.1. The average molecular weight is 638 g/mol. The molecule has 12 nitrogen and oxygen atoms in total. The molecule has 0 bridgehead atoms. The largest absolute Gasteiger partial charge is 0.369 e. The summed E-state index contributed by atoms with van der Waals surface area (Å²) in [5.74, 6) is -2.26. The minimum Gasteiger partial charge on any atom is -0.369 e. The lowest BCUT2D eigenvalue weighted by atomic mass is 10.0. The van der Waals surface area contributed by atoms with Gasteiger partial charge in [-0.3, -0.25) is 9.59 Å². The van der Waals surface area contributed by atoms with E-state index in [1.54, 1.807) is 48.5 Å². The van der Waals surface area contributed by atoms with Gasteiger partial charge in [-0.2, -0.15) is 5.10 Å². The van der Waals surface area contributed by atoms with Crippen LogP contribution in [0.1, 0.15) is 16.8 Å². The van der Waals surface area contributed by atoms with Crippen LogP contribution in [0.25, 0.3) is 28.0 Å². The van der Waals surface area contributed by atoms with Crippen LogP contribution in [-0.4, -0.2) is 67.3 Å². The fraction of sp³-hybridized carbons (Fsp3) is 0.200. The van der Waals surface area contributed by atoms with E-state index in [-0.39, 0.29) is 23.6 Å². The number of amides is 2. The second-order valence-electron chi connectivity index (χ2n) is 9.29. The molecule has 1 fully saturated rings. The summed E-state index contributed by atoms with van der Waals surface area (Å²) in [4.78, 5) is 29.3. The molecule has 16 heteroatoms. The maximum atomic E-state index is 13.6. The molecule has 1 saturated heterocycles. The predicted octanol–water partition coefficient (Wildman–Crippen LogP) is 2.05. The molecule has 2 amide bonds. The molecular weight excluding hydrogens is 615 g/mol. The standard InChI is InChI=1S/C25H22Cl2N6O6S2/c26-15-7-5-14(6-8-15)22-18(17-3-1-2-4-19(17)27)11-29-23-21(24(35)31-16-9-10-40(36,37)13-16)25(32-33(22)23)41(38,39)30-12-20(28)34/h1-8,11,16,30H,9-10,12-13H2,(H2,28,34)(H,31,35)/t16-/m1/s1. The fourth-order valence-corrected chi connectivity index (χ4v) is 7.66. The molecule has 3 heterocycles. The monoisotopic (exact) mass is 636 g/mol. The third kappa shape index (κ3) is 5.92. The Morgan fingerprint density at radius 2 is 1.78 bits per heavy atom. The highest BCUT2D eigenvalue weighted by molar-refractivity contribution is 7.91. The number of nitrogens with zero attached hydrogens (tertiary/aromatic N) is 3. The maximum absolute atomic E-state index is 13.6. The van der Waals surface area contributed by atoms with Gasteiger partial charge >= 0.3 is 0 Å². The van der Waals surface area contributed by atoms with Gasteiger partial charge in [0.2, 0.25) is 10.9 Å². The van der Waals surface area contributed by atoms with Crippen molar-refractivity contribution in [2.24, 2.45) is 5.73 Å². The number of fused-ring (bicyclic) bond motifs is 1. The molecule has 0 radical (unpaired) electrons. The summed E-state index contributed by atoms with van der Waals surface area (Å²) in [5, 5.41) is 7.00. The summed E-state index contributed by atoms with van der Waals surface area (Å²) < 4.78 is 53.9. The number of hydrogen-bond acceptors (Lipinski definition) is 8. The zero-order valence-corrected chi connectivity index (χ0v) is 24.2. The normalized spacial score (nSPS) is 16.6. The van der Waals surface area contributed by atoms with Crippen molar-refractivity contribution in [1.29, 1.82) is 0 Å². The van der Waals surface area contributed by atoms with E-state index in [0.29, 0.717) is 32.4 Å². The number of sulfone groups is 1. The molecule has 5 rings (SSSR count). The molecule has 0 saturated carbocycles. The van der Waals surface area contributed by atoms with Gasteiger partial charge in [0, 0.05) is 39.0 Å². The van der Waals surface area contributed by atoms with E-state index in [0.717, 1.165) is 0 Å². The Balaban J connectivity index is 1.78. The van der Waals surface area contributed by atoms with Crippen LogP contribution in [0, 0.1) is 0 Å². The Labute approximate surface area is 244 Å². The lowest BCUT2D eigenvalue weighted by Crippen LogP contribution is -2.38. The molecule has 4 N–H and O–H groups in total. The summed E-state index contributed by atoms with van der Waals surface area (Å²) in [5.41, 5.74) is 6.47. The number of nitrogens with two attached hydrogens (primary N) is 1. The second kappa shape index (κ2) is 11.0. The minimum atomic E-state index is -4.59. The minimum absolute atomic E-state index is 0.113. The Morgan fingerprint density at radius 3 is 2.41 bits per heavy atom.